The van der Waals surface area contributed by atoms with Gasteiger partial charge in [0.1, 0.15) is 12.6 Å². The van der Waals surface area contributed by atoms with Crippen molar-refractivity contribution in [3.8, 4) is 0 Å². The molecule has 0 aliphatic heterocycles. The summed E-state index contributed by atoms with van der Waals surface area (Å²) in [5.74, 6) is -1.41. The molecule has 220 valence electrons. The minimum atomic E-state index is -4.90. The van der Waals surface area contributed by atoms with Crippen LogP contribution in [-0.4, -0.2) is 44.3 Å². The second kappa shape index (κ2) is 13.3. The van der Waals surface area contributed by atoms with E-state index in [-0.39, 0.29) is 23.0 Å². The number of anilines is 1. The second-order valence-corrected chi connectivity index (χ2v) is 11.9. The summed E-state index contributed by atoms with van der Waals surface area (Å²) in [5.41, 5.74) is -1.32. The van der Waals surface area contributed by atoms with Crippen LogP contribution in [0.2, 0.25) is 15.1 Å². The number of nitrogens with one attached hydrogen (secondary N) is 1. The van der Waals surface area contributed by atoms with Gasteiger partial charge in [0.15, 0.2) is 0 Å². The van der Waals surface area contributed by atoms with Crippen molar-refractivity contribution >= 4 is 62.3 Å². The van der Waals surface area contributed by atoms with Crippen LogP contribution in [0.4, 0.5) is 18.9 Å². The molecule has 2 amide bonds. The van der Waals surface area contributed by atoms with Crippen LogP contribution in [0.25, 0.3) is 0 Å². The van der Waals surface area contributed by atoms with Gasteiger partial charge in [-0.3, -0.25) is 13.9 Å². The van der Waals surface area contributed by atoms with Gasteiger partial charge in [0.25, 0.3) is 10.0 Å². The summed E-state index contributed by atoms with van der Waals surface area (Å²) in [6.45, 7) is 2.21. The lowest BCUT2D eigenvalue weighted by atomic mass is 10.1. The van der Waals surface area contributed by atoms with E-state index in [0.717, 1.165) is 17.0 Å². The van der Waals surface area contributed by atoms with Gasteiger partial charge < -0.3 is 10.2 Å². The highest BCUT2D eigenvalue weighted by molar-refractivity contribution is 7.92. The summed E-state index contributed by atoms with van der Waals surface area (Å²) in [6.07, 6.45) is -4.90. The number of hydrogen-bond donors (Lipinski definition) is 1. The maximum absolute atomic E-state index is 13.8. The highest BCUT2D eigenvalue weighted by Crippen LogP contribution is 2.38. The van der Waals surface area contributed by atoms with Gasteiger partial charge in [-0.2, -0.15) is 13.2 Å². The maximum Gasteiger partial charge on any atom is 0.417 e. The third-order valence-electron chi connectivity index (χ3n) is 6.03. The lowest BCUT2D eigenvalue weighted by Crippen LogP contribution is -2.51. The maximum atomic E-state index is 13.8. The Morgan fingerprint density at radius 2 is 1.61 bits per heavy atom. The fourth-order valence-electron chi connectivity index (χ4n) is 3.87. The van der Waals surface area contributed by atoms with E-state index in [2.05, 4.69) is 5.32 Å². The van der Waals surface area contributed by atoms with E-state index in [1.807, 2.05) is 0 Å². The molecule has 0 saturated heterocycles. The molecule has 3 aromatic carbocycles. The van der Waals surface area contributed by atoms with Crippen LogP contribution in [0.3, 0.4) is 0 Å². The Kier molecular flexibility index (Phi) is 10.6. The van der Waals surface area contributed by atoms with Gasteiger partial charge in [-0.25, -0.2) is 8.42 Å². The molecule has 0 radical (unpaired) electrons. The topological polar surface area (TPSA) is 86.8 Å². The fourth-order valence-corrected chi connectivity index (χ4v) is 5.99. The van der Waals surface area contributed by atoms with E-state index in [4.69, 9.17) is 34.8 Å². The number of amides is 2. The molecule has 14 heteroatoms. The molecular weight excluding hydrogens is 626 g/mol. The SMILES string of the molecule is CCNC(=O)[C@@H](C)N(Cc1ccc(Cl)cc1Cl)C(=O)CN(c1ccc(Cl)c(C(F)(F)F)c1)S(=O)(=O)c1ccccc1. The molecule has 0 heterocycles. The normalized spacial score (nSPS) is 12.5. The average molecular weight is 651 g/mol. The van der Waals surface area contributed by atoms with E-state index in [9.17, 15) is 31.2 Å². The number of nitrogens with zero attached hydrogens (tertiary/aromatic N) is 2. The Bertz CT molecular complexity index is 1520. The first kappa shape index (κ1) is 32.5. The van der Waals surface area contributed by atoms with Crippen molar-refractivity contribution in [2.24, 2.45) is 0 Å². The number of likely N-dealkylation sites (N-methyl/N-ethyl adjacent to an activating group) is 1. The number of alkyl halides is 3. The van der Waals surface area contributed by atoms with Crippen molar-refractivity contribution in [1.29, 1.82) is 0 Å². The zero-order chi connectivity index (χ0) is 30.5. The lowest BCUT2D eigenvalue weighted by Gasteiger charge is -2.32. The van der Waals surface area contributed by atoms with E-state index in [1.165, 1.54) is 43.3 Å². The standard InChI is InChI=1S/C27H25Cl3F3N3O4S/c1-3-34-26(38)17(2)35(15-18-9-10-19(28)13-24(18)30)25(37)16-36(41(39,40)21-7-5-4-6-8-21)20-11-12-23(29)22(14-20)27(31,32)33/h4-14,17H,3,15-16H2,1-2H3,(H,34,38)/t17-/m1/s1. The zero-order valence-electron chi connectivity index (χ0n) is 21.8. The average Bonchev–Trinajstić information content (AvgIpc) is 2.91. The molecule has 0 unspecified atom stereocenters. The minimum absolute atomic E-state index is 0.194. The van der Waals surface area contributed by atoms with Gasteiger partial charge in [0.05, 0.1) is 21.2 Å². The van der Waals surface area contributed by atoms with Crippen LogP contribution >= 0.6 is 34.8 Å². The summed E-state index contributed by atoms with van der Waals surface area (Å²) in [7, 11) is -4.57. The van der Waals surface area contributed by atoms with Gasteiger partial charge >= 0.3 is 6.18 Å². The highest BCUT2D eigenvalue weighted by atomic mass is 35.5. The Balaban J connectivity index is 2.13. The molecular formula is C27H25Cl3F3N3O4S. The van der Waals surface area contributed by atoms with Crippen LogP contribution in [0.1, 0.15) is 25.0 Å². The first-order chi connectivity index (χ1) is 19.2. The van der Waals surface area contributed by atoms with Crippen LogP contribution in [-0.2, 0) is 32.3 Å². The molecule has 3 rings (SSSR count). The van der Waals surface area contributed by atoms with Crippen molar-refractivity contribution in [2.75, 3.05) is 17.4 Å². The van der Waals surface area contributed by atoms with Crippen molar-refractivity contribution in [3.05, 3.63) is 92.9 Å². The number of sulfonamides is 1. The summed E-state index contributed by atoms with van der Waals surface area (Å²) in [4.78, 5) is 27.4. The summed E-state index contributed by atoms with van der Waals surface area (Å²) in [6, 6.07) is 12.9. The van der Waals surface area contributed by atoms with Crippen LogP contribution in [0, 0.1) is 0 Å². The van der Waals surface area contributed by atoms with Crippen molar-refractivity contribution in [2.45, 2.75) is 37.5 Å². The fraction of sp³-hybridized carbons (Fsp3) is 0.259. The molecule has 0 fully saturated rings. The van der Waals surface area contributed by atoms with Crippen LogP contribution in [0.15, 0.2) is 71.6 Å². The number of carbonyl (C=O) groups excluding carboxylic acids is 2. The molecule has 3 aromatic rings. The van der Waals surface area contributed by atoms with E-state index in [1.54, 1.807) is 19.1 Å². The molecule has 1 N–H and O–H groups in total. The first-order valence-corrected chi connectivity index (χ1v) is 14.7. The van der Waals surface area contributed by atoms with Gasteiger partial charge in [-0.05, 0) is 61.9 Å². The smallest absolute Gasteiger partial charge is 0.355 e. The van der Waals surface area contributed by atoms with E-state index in [0.29, 0.717) is 21.0 Å². The Hall–Kier alpha value is -2.99. The van der Waals surface area contributed by atoms with Crippen LogP contribution < -0.4 is 9.62 Å². The number of hydrogen-bond acceptors (Lipinski definition) is 4. The van der Waals surface area contributed by atoms with Crippen molar-refractivity contribution in [3.63, 3.8) is 0 Å². The number of rotatable bonds is 10. The third-order valence-corrected chi connectivity index (χ3v) is 8.73. The van der Waals surface area contributed by atoms with Crippen molar-refractivity contribution in [1.82, 2.24) is 10.2 Å². The largest absolute Gasteiger partial charge is 0.417 e. The quantitative estimate of drug-likeness (QED) is 0.275. The van der Waals surface area contributed by atoms with Crippen molar-refractivity contribution < 1.29 is 31.2 Å². The molecule has 7 nitrogen and oxygen atoms in total. The Labute approximate surface area is 250 Å². The minimum Gasteiger partial charge on any atom is -0.355 e. The predicted octanol–water partition coefficient (Wildman–Crippen LogP) is 6.41. The molecule has 0 saturated carbocycles. The van der Waals surface area contributed by atoms with Gasteiger partial charge in [0.2, 0.25) is 11.8 Å². The molecule has 0 aliphatic carbocycles. The summed E-state index contributed by atoms with van der Waals surface area (Å²) in [5, 5.41) is 2.48. The molecule has 1 atom stereocenters. The zero-order valence-corrected chi connectivity index (χ0v) is 24.8. The van der Waals surface area contributed by atoms with Gasteiger partial charge in [-0.15, -0.1) is 0 Å². The number of halogens is 6. The van der Waals surface area contributed by atoms with Gasteiger partial charge in [-0.1, -0.05) is 59.1 Å². The third kappa shape index (κ3) is 7.85. The summed E-state index contributed by atoms with van der Waals surface area (Å²) >= 11 is 18.0. The Morgan fingerprint density at radius 3 is 2.20 bits per heavy atom. The van der Waals surface area contributed by atoms with E-state index >= 15 is 0 Å². The molecule has 0 aliphatic rings. The second-order valence-electron chi connectivity index (χ2n) is 8.81. The predicted molar refractivity (Wildman–Crippen MR) is 153 cm³/mol. The molecule has 41 heavy (non-hydrogen) atoms. The number of carbonyl (C=O) groups is 2. The van der Waals surface area contributed by atoms with E-state index < -0.39 is 56.9 Å². The molecule has 0 bridgehead atoms. The summed E-state index contributed by atoms with van der Waals surface area (Å²) < 4.78 is 69.0. The van der Waals surface area contributed by atoms with Crippen LogP contribution in [0.5, 0.6) is 0 Å². The Morgan fingerprint density at radius 1 is 0.951 bits per heavy atom. The first-order valence-electron chi connectivity index (χ1n) is 12.1. The highest BCUT2D eigenvalue weighted by Gasteiger charge is 2.37. The molecule has 0 aromatic heterocycles. The molecule has 0 spiro atoms. The monoisotopic (exact) mass is 649 g/mol. The lowest BCUT2D eigenvalue weighted by molar-refractivity contribution is -0.139. The van der Waals surface area contributed by atoms with Gasteiger partial charge in [0, 0.05) is 23.1 Å². The number of benzene rings is 3.